The number of anilines is 1. The number of hydrogen-bond acceptors (Lipinski definition) is 2. The number of rotatable bonds is 5. The van der Waals surface area contributed by atoms with Crippen molar-refractivity contribution in [3.63, 3.8) is 0 Å². The Bertz CT molecular complexity index is 581. The lowest BCUT2D eigenvalue weighted by Crippen LogP contribution is -2.12. The van der Waals surface area contributed by atoms with Crippen LogP contribution in [0.5, 0.6) is 0 Å². The summed E-state index contributed by atoms with van der Waals surface area (Å²) in [6, 6.07) is 16.1. The third-order valence-corrected chi connectivity index (χ3v) is 4.15. The van der Waals surface area contributed by atoms with Crippen LogP contribution in [0.1, 0.15) is 17.5 Å². The molecule has 0 fully saturated rings. The molecule has 0 aromatic heterocycles. The number of benzene rings is 2. The summed E-state index contributed by atoms with van der Waals surface area (Å²) in [7, 11) is 0. The standard InChI is InChI=1S/C17H19NOS/c1-13-8-9-15(12-14(13)2)18-17(19)10-11-20-16-6-4-3-5-7-16/h3-9,12H,10-11H2,1-2H3,(H,18,19). The molecular formula is C17H19NOS. The summed E-state index contributed by atoms with van der Waals surface area (Å²) >= 11 is 1.70. The molecular weight excluding hydrogens is 266 g/mol. The van der Waals surface area contributed by atoms with Crippen molar-refractivity contribution >= 4 is 23.4 Å². The first-order valence-corrected chi connectivity index (χ1v) is 7.68. The quantitative estimate of drug-likeness (QED) is 0.824. The van der Waals surface area contributed by atoms with Crippen LogP contribution < -0.4 is 5.32 Å². The van der Waals surface area contributed by atoms with Gasteiger partial charge in [0, 0.05) is 22.8 Å². The van der Waals surface area contributed by atoms with E-state index >= 15 is 0 Å². The number of nitrogens with one attached hydrogen (secondary N) is 1. The lowest BCUT2D eigenvalue weighted by atomic mass is 10.1. The maximum atomic E-state index is 11.9. The van der Waals surface area contributed by atoms with Crippen molar-refractivity contribution < 1.29 is 4.79 Å². The van der Waals surface area contributed by atoms with E-state index in [-0.39, 0.29) is 5.91 Å². The van der Waals surface area contributed by atoms with Gasteiger partial charge in [0.2, 0.25) is 5.91 Å². The van der Waals surface area contributed by atoms with Gasteiger partial charge in [0.05, 0.1) is 0 Å². The van der Waals surface area contributed by atoms with Crippen LogP contribution in [-0.2, 0) is 4.79 Å². The molecule has 2 aromatic rings. The molecule has 1 amide bonds. The zero-order chi connectivity index (χ0) is 14.4. The normalized spacial score (nSPS) is 10.3. The van der Waals surface area contributed by atoms with E-state index < -0.39 is 0 Å². The second-order valence-corrected chi connectivity index (χ2v) is 5.93. The molecule has 2 nitrogen and oxygen atoms in total. The average molecular weight is 285 g/mol. The van der Waals surface area contributed by atoms with E-state index in [2.05, 4.69) is 31.3 Å². The summed E-state index contributed by atoms with van der Waals surface area (Å²) in [5.41, 5.74) is 3.31. The molecule has 1 N–H and O–H groups in total. The van der Waals surface area contributed by atoms with Crippen LogP contribution in [0.4, 0.5) is 5.69 Å². The maximum absolute atomic E-state index is 11.9. The number of carbonyl (C=O) groups is 1. The molecule has 2 aromatic carbocycles. The Morgan fingerprint density at radius 1 is 1.05 bits per heavy atom. The van der Waals surface area contributed by atoms with Gasteiger partial charge in [0.25, 0.3) is 0 Å². The Labute approximate surface area is 124 Å². The molecule has 2 rings (SSSR count). The van der Waals surface area contributed by atoms with Crippen LogP contribution in [0.2, 0.25) is 0 Å². The highest BCUT2D eigenvalue weighted by Crippen LogP contribution is 2.18. The van der Waals surface area contributed by atoms with Crippen molar-refractivity contribution in [3.05, 3.63) is 59.7 Å². The molecule has 0 aliphatic heterocycles. The van der Waals surface area contributed by atoms with Gasteiger partial charge in [0.15, 0.2) is 0 Å². The molecule has 0 atom stereocenters. The van der Waals surface area contributed by atoms with Gasteiger partial charge in [-0.2, -0.15) is 0 Å². The van der Waals surface area contributed by atoms with Crippen LogP contribution in [0.15, 0.2) is 53.4 Å². The van der Waals surface area contributed by atoms with Gasteiger partial charge in [-0.1, -0.05) is 24.3 Å². The summed E-state index contributed by atoms with van der Waals surface area (Å²) in [6.45, 7) is 4.12. The maximum Gasteiger partial charge on any atom is 0.225 e. The van der Waals surface area contributed by atoms with Crippen LogP contribution in [-0.4, -0.2) is 11.7 Å². The van der Waals surface area contributed by atoms with E-state index in [1.165, 1.54) is 16.0 Å². The molecule has 0 radical (unpaired) electrons. The second kappa shape index (κ2) is 7.15. The number of carbonyl (C=O) groups excluding carboxylic acids is 1. The molecule has 0 heterocycles. The van der Waals surface area contributed by atoms with Gasteiger partial charge in [-0.15, -0.1) is 11.8 Å². The Balaban J connectivity index is 1.79. The van der Waals surface area contributed by atoms with Crippen molar-refractivity contribution in [1.82, 2.24) is 0 Å². The molecule has 0 saturated heterocycles. The van der Waals surface area contributed by atoms with Crippen LogP contribution >= 0.6 is 11.8 Å². The zero-order valence-electron chi connectivity index (χ0n) is 11.8. The van der Waals surface area contributed by atoms with Crippen LogP contribution in [0, 0.1) is 13.8 Å². The van der Waals surface area contributed by atoms with Crippen molar-refractivity contribution in [1.29, 1.82) is 0 Å². The number of aryl methyl sites for hydroxylation is 2. The van der Waals surface area contributed by atoms with Crippen LogP contribution in [0.25, 0.3) is 0 Å². The average Bonchev–Trinajstić information content (AvgIpc) is 2.44. The van der Waals surface area contributed by atoms with E-state index in [4.69, 9.17) is 0 Å². The minimum atomic E-state index is 0.0664. The topological polar surface area (TPSA) is 29.1 Å². The van der Waals surface area contributed by atoms with Crippen molar-refractivity contribution in [2.45, 2.75) is 25.2 Å². The molecule has 20 heavy (non-hydrogen) atoms. The summed E-state index contributed by atoms with van der Waals surface area (Å²) in [6.07, 6.45) is 0.520. The Hall–Kier alpha value is -1.74. The van der Waals surface area contributed by atoms with Crippen molar-refractivity contribution in [2.24, 2.45) is 0 Å². The highest BCUT2D eigenvalue weighted by Gasteiger charge is 2.04. The first-order valence-electron chi connectivity index (χ1n) is 6.70. The van der Waals surface area contributed by atoms with Gasteiger partial charge >= 0.3 is 0 Å². The summed E-state index contributed by atoms with van der Waals surface area (Å²) in [4.78, 5) is 13.1. The lowest BCUT2D eigenvalue weighted by molar-refractivity contribution is -0.115. The SMILES string of the molecule is Cc1ccc(NC(=O)CCSc2ccccc2)cc1C. The monoisotopic (exact) mass is 285 g/mol. The highest BCUT2D eigenvalue weighted by atomic mass is 32.2. The summed E-state index contributed by atoms with van der Waals surface area (Å²) in [5, 5.41) is 2.94. The van der Waals surface area contributed by atoms with Crippen molar-refractivity contribution in [3.8, 4) is 0 Å². The van der Waals surface area contributed by atoms with E-state index in [1.807, 2.05) is 36.4 Å². The first kappa shape index (κ1) is 14.7. The predicted molar refractivity (Wildman–Crippen MR) is 86.3 cm³/mol. The smallest absolute Gasteiger partial charge is 0.225 e. The fourth-order valence-electron chi connectivity index (χ4n) is 1.82. The zero-order valence-corrected chi connectivity index (χ0v) is 12.7. The number of thioether (sulfide) groups is 1. The Morgan fingerprint density at radius 3 is 2.50 bits per heavy atom. The van der Waals surface area contributed by atoms with E-state index in [0.29, 0.717) is 6.42 Å². The van der Waals surface area contributed by atoms with E-state index in [1.54, 1.807) is 11.8 Å². The number of hydrogen-bond donors (Lipinski definition) is 1. The first-order chi connectivity index (χ1) is 9.65. The minimum absolute atomic E-state index is 0.0664. The van der Waals surface area contributed by atoms with Gasteiger partial charge < -0.3 is 5.32 Å². The molecule has 0 spiro atoms. The third kappa shape index (κ3) is 4.42. The van der Waals surface area contributed by atoms with Gasteiger partial charge in [0.1, 0.15) is 0 Å². The van der Waals surface area contributed by atoms with Crippen LogP contribution in [0.3, 0.4) is 0 Å². The summed E-state index contributed by atoms with van der Waals surface area (Å²) < 4.78 is 0. The third-order valence-electron chi connectivity index (χ3n) is 3.13. The van der Waals surface area contributed by atoms with Crippen molar-refractivity contribution in [2.75, 3.05) is 11.1 Å². The van der Waals surface area contributed by atoms with Gasteiger partial charge in [-0.3, -0.25) is 4.79 Å². The largest absolute Gasteiger partial charge is 0.326 e. The molecule has 0 saturated carbocycles. The molecule has 0 aliphatic carbocycles. The molecule has 0 bridgehead atoms. The minimum Gasteiger partial charge on any atom is -0.326 e. The number of amides is 1. The molecule has 0 aliphatic rings. The fraction of sp³-hybridized carbons (Fsp3) is 0.235. The van der Waals surface area contributed by atoms with E-state index in [9.17, 15) is 4.79 Å². The van der Waals surface area contributed by atoms with E-state index in [0.717, 1.165) is 11.4 Å². The summed E-state index contributed by atoms with van der Waals surface area (Å²) in [5.74, 6) is 0.859. The van der Waals surface area contributed by atoms with Gasteiger partial charge in [-0.25, -0.2) is 0 Å². The predicted octanol–water partition coefficient (Wildman–Crippen LogP) is 4.42. The lowest BCUT2D eigenvalue weighted by Gasteiger charge is -2.07. The fourth-order valence-corrected chi connectivity index (χ4v) is 2.69. The van der Waals surface area contributed by atoms with Gasteiger partial charge in [-0.05, 0) is 49.2 Å². The Kier molecular flexibility index (Phi) is 5.24. The molecule has 0 unspecified atom stereocenters. The molecule has 104 valence electrons. The highest BCUT2D eigenvalue weighted by molar-refractivity contribution is 7.99. The molecule has 3 heteroatoms. The second-order valence-electron chi connectivity index (χ2n) is 4.76. The Morgan fingerprint density at radius 2 is 1.80 bits per heavy atom.